The van der Waals surface area contributed by atoms with Gasteiger partial charge in [-0.25, -0.2) is 4.68 Å². The lowest BCUT2D eigenvalue weighted by Gasteiger charge is -2.17. The third-order valence-corrected chi connectivity index (χ3v) is 4.55. The molecule has 1 aromatic heterocycles. The first-order chi connectivity index (χ1) is 10.2. The van der Waals surface area contributed by atoms with E-state index >= 15 is 0 Å². The Kier molecular flexibility index (Phi) is 5.68. The van der Waals surface area contributed by atoms with Crippen LogP contribution in [0.3, 0.4) is 0 Å². The molecular formula is C12H16F6N2O2Si. The van der Waals surface area contributed by atoms with Crippen molar-refractivity contribution in [2.24, 2.45) is 0 Å². The number of aromatic nitrogens is 2. The lowest BCUT2D eigenvalue weighted by Crippen LogP contribution is -2.35. The fraction of sp³-hybridized carbons (Fsp3) is 0.667. The maximum Gasteiger partial charge on any atom is 0.422 e. The highest BCUT2D eigenvalue weighted by Crippen LogP contribution is 2.37. The highest BCUT2D eigenvalue weighted by molar-refractivity contribution is 6.76. The van der Waals surface area contributed by atoms with E-state index in [-0.39, 0.29) is 17.5 Å². The molecule has 0 atom stereocenters. The van der Waals surface area contributed by atoms with Gasteiger partial charge in [0.25, 0.3) is 5.56 Å². The summed E-state index contributed by atoms with van der Waals surface area (Å²) < 4.78 is 81.5. The van der Waals surface area contributed by atoms with E-state index in [0.717, 1.165) is 0 Å². The second-order valence-electron chi connectivity index (χ2n) is 6.08. The zero-order chi connectivity index (χ0) is 18.1. The lowest BCUT2D eigenvalue weighted by molar-refractivity contribution is -0.163. The minimum absolute atomic E-state index is 0.00785. The zero-order valence-corrected chi connectivity index (χ0v) is 13.7. The van der Waals surface area contributed by atoms with Crippen LogP contribution in [-0.4, -0.2) is 24.5 Å². The molecule has 1 heterocycles. The molecule has 4 nitrogen and oxygen atoms in total. The normalized spacial score (nSPS) is 13.4. The van der Waals surface area contributed by atoms with Crippen molar-refractivity contribution in [2.75, 3.05) is 6.61 Å². The zero-order valence-electron chi connectivity index (χ0n) is 12.7. The number of halogens is 6. The van der Waals surface area contributed by atoms with Gasteiger partial charge in [-0.2, -0.15) is 31.4 Å². The van der Waals surface area contributed by atoms with Crippen LogP contribution in [0.2, 0.25) is 25.7 Å². The van der Waals surface area contributed by atoms with Crippen LogP contribution in [0.25, 0.3) is 0 Å². The smallest absolute Gasteiger partial charge is 0.359 e. The Hall–Kier alpha value is -1.36. The summed E-state index contributed by atoms with van der Waals surface area (Å²) in [6, 6.07) is 0.689. The predicted octanol–water partition coefficient (Wildman–Crippen LogP) is 3.59. The van der Waals surface area contributed by atoms with Crippen molar-refractivity contribution >= 4 is 8.07 Å². The van der Waals surface area contributed by atoms with Gasteiger partial charge >= 0.3 is 12.4 Å². The molecule has 0 spiro atoms. The molecule has 0 amide bonds. The van der Waals surface area contributed by atoms with E-state index in [2.05, 4.69) is 5.10 Å². The van der Waals surface area contributed by atoms with Crippen molar-refractivity contribution in [3.8, 4) is 0 Å². The molecule has 1 aromatic rings. The first kappa shape index (κ1) is 19.7. The van der Waals surface area contributed by atoms with Gasteiger partial charge in [-0.3, -0.25) is 4.79 Å². The Morgan fingerprint density at radius 1 is 1.13 bits per heavy atom. The van der Waals surface area contributed by atoms with Gasteiger partial charge < -0.3 is 4.74 Å². The molecule has 0 bridgehead atoms. The molecule has 11 heteroatoms. The standard InChI is InChI=1S/C12H16F6N2O2Si/c1-23(2,3)5-4-22-7-20-10(21)9(12(16,17)18)8(6-19-20)11(13,14)15/h6H,4-5,7H2,1-3H3. The third-order valence-electron chi connectivity index (χ3n) is 2.84. The summed E-state index contributed by atoms with van der Waals surface area (Å²) in [5.41, 5.74) is -6.26. The molecule has 0 saturated carbocycles. The lowest BCUT2D eigenvalue weighted by atomic mass is 10.1. The monoisotopic (exact) mass is 362 g/mol. The van der Waals surface area contributed by atoms with Gasteiger partial charge in [0, 0.05) is 14.7 Å². The molecule has 1 rings (SSSR count). The Morgan fingerprint density at radius 2 is 1.70 bits per heavy atom. The summed E-state index contributed by atoms with van der Waals surface area (Å²) in [6.45, 7) is 5.68. The summed E-state index contributed by atoms with van der Waals surface area (Å²) >= 11 is 0. The number of rotatable bonds is 5. The topological polar surface area (TPSA) is 44.1 Å². The second kappa shape index (κ2) is 6.63. The van der Waals surface area contributed by atoms with Gasteiger partial charge in [-0.05, 0) is 6.04 Å². The number of nitrogens with zero attached hydrogens (tertiary/aromatic N) is 2. The van der Waals surface area contributed by atoms with E-state index in [1.165, 1.54) is 0 Å². The van der Waals surface area contributed by atoms with Gasteiger partial charge in [-0.1, -0.05) is 19.6 Å². The average Bonchev–Trinajstić information content (AvgIpc) is 2.31. The molecule has 23 heavy (non-hydrogen) atoms. The van der Waals surface area contributed by atoms with E-state index in [1.807, 2.05) is 19.6 Å². The maximum atomic E-state index is 12.8. The maximum absolute atomic E-state index is 12.8. The number of alkyl halides is 6. The van der Waals surface area contributed by atoms with Crippen molar-refractivity contribution in [3.05, 3.63) is 27.7 Å². The predicted molar refractivity (Wildman–Crippen MR) is 72.6 cm³/mol. The Bertz CT molecular complexity index is 604. The molecule has 0 saturated heterocycles. The van der Waals surface area contributed by atoms with Gasteiger partial charge in [0.05, 0.1) is 11.8 Å². The number of hydrogen-bond acceptors (Lipinski definition) is 3. The molecule has 132 valence electrons. The van der Waals surface area contributed by atoms with Crippen LogP contribution in [0, 0.1) is 0 Å². The highest BCUT2D eigenvalue weighted by Gasteiger charge is 2.46. The van der Waals surface area contributed by atoms with Crippen molar-refractivity contribution in [3.63, 3.8) is 0 Å². The van der Waals surface area contributed by atoms with Crippen LogP contribution in [-0.2, 0) is 23.8 Å². The first-order valence-corrected chi connectivity index (χ1v) is 10.3. The molecule has 0 radical (unpaired) electrons. The van der Waals surface area contributed by atoms with Crippen LogP contribution < -0.4 is 5.56 Å². The van der Waals surface area contributed by atoms with Crippen LogP contribution in [0.4, 0.5) is 26.3 Å². The average molecular weight is 362 g/mol. The quantitative estimate of drug-likeness (QED) is 0.457. The van der Waals surface area contributed by atoms with E-state index in [4.69, 9.17) is 4.74 Å². The Balaban J connectivity index is 3.07. The summed E-state index contributed by atoms with van der Waals surface area (Å²) in [4.78, 5) is 11.7. The van der Waals surface area contributed by atoms with Gasteiger partial charge in [0.2, 0.25) is 0 Å². The summed E-state index contributed by atoms with van der Waals surface area (Å²) in [6.07, 6.45) is -10.8. The number of hydrogen-bond donors (Lipinski definition) is 0. The van der Waals surface area contributed by atoms with Crippen LogP contribution in [0.15, 0.2) is 11.0 Å². The largest absolute Gasteiger partial charge is 0.422 e. The van der Waals surface area contributed by atoms with E-state index in [9.17, 15) is 31.1 Å². The third kappa shape index (κ3) is 5.64. The molecule has 0 unspecified atom stereocenters. The van der Waals surface area contributed by atoms with E-state index in [1.54, 1.807) is 0 Å². The van der Waals surface area contributed by atoms with Gasteiger partial charge in [0.15, 0.2) is 0 Å². The molecule has 0 aliphatic carbocycles. The number of ether oxygens (including phenoxy) is 1. The van der Waals surface area contributed by atoms with E-state index in [0.29, 0.717) is 6.04 Å². The van der Waals surface area contributed by atoms with E-state index < -0.39 is 43.8 Å². The van der Waals surface area contributed by atoms with Crippen molar-refractivity contribution in [1.82, 2.24) is 9.78 Å². The summed E-state index contributed by atoms with van der Waals surface area (Å²) in [5, 5.41) is 3.12. The molecule has 0 N–H and O–H groups in total. The van der Waals surface area contributed by atoms with Gasteiger partial charge in [0.1, 0.15) is 12.3 Å². The van der Waals surface area contributed by atoms with Crippen LogP contribution >= 0.6 is 0 Å². The van der Waals surface area contributed by atoms with Crippen molar-refractivity contribution < 1.29 is 31.1 Å². The highest BCUT2D eigenvalue weighted by atomic mass is 28.3. The molecule has 0 aliphatic heterocycles. The minimum Gasteiger partial charge on any atom is -0.359 e. The van der Waals surface area contributed by atoms with Crippen molar-refractivity contribution in [2.45, 2.75) is 44.8 Å². The molecule has 0 fully saturated rings. The fourth-order valence-electron chi connectivity index (χ4n) is 1.60. The van der Waals surface area contributed by atoms with Crippen molar-refractivity contribution in [1.29, 1.82) is 0 Å². The van der Waals surface area contributed by atoms with Crippen LogP contribution in [0.1, 0.15) is 11.1 Å². The second-order valence-corrected chi connectivity index (χ2v) is 11.7. The minimum atomic E-state index is -5.44. The Morgan fingerprint density at radius 3 is 2.13 bits per heavy atom. The molecular weight excluding hydrogens is 346 g/mol. The van der Waals surface area contributed by atoms with Gasteiger partial charge in [-0.15, -0.1) is 0 Å². The first-order valence-electron chi connectivity index (χ1n) is 6.56. The summed E-state index contributed by atoms with van der Waals surface area (Å²) in [5.74, 6) is 0. The summed E-state index contributed by atoms with van der Waals surface area (Å²) in [7, 11) is -1.45. The SMILES string of the molecule is C[Si](C)(C)CCOCn1ncc(C(F)(F)F)c(C(F)(F)F)c1=O. The Labute approximate surface area is 129 Å². The van der Waals surface area contributed by atoms with Crippen LogP contribution in [0.5, 0.6) is 0 Å². The molecule has 0 aromatic carbocycles. The molecule has 0 aliphatic rings. The fourth-order valence-corrected chi connectivity index (χ4v) is 2.36.